The zero-order valence-electron chi connectivity index (χ0n) is 17.4. The Balaban J connectivity index is 1.50. The summed E-state index contributed by atoms with van der Waals surface area (Å²) in [5, 5.41) is 19.5. The number of hydrogen-bond donors (Lipinski definition) is 1. The lowest BCUT2D eigenvalue weighted by Crippen LogP contribution is -2.31. The molecule has 3 heterocycles. The molecule has 170 valence electrons. The first-order valence-corrected chi connectivity index (χ1v) is 12.7. The summed E-state index contributed by atoms with van der Waals surface area (Å²) in [6.07, 6.45) is 1.37. The monoisotopic (exact) mass is 553 g/mol. The van der Waals surface area contributed by atoms with Crippen molar-refractivity contribution in [2.24, 2.45) is 0 Å². The number of aliphatic hydroxyl groups excluding tert-OH is 1. The van der Waals surface area contributed by atoms with E-state index < -0.39 is 23.5 Å². The summed E-state index contributed by atoms with van der Waals surface area (Å²) in [4.78, 5) is 27.7. The van der Waals surface area contributed by atoms with E-state index in [0.29, 0.717) is 20.8 Å². The van der Waals surface area contributed by atoms with Gasteiger partial charge in [-0.1, -0.05) is 81.5 Å². The summed E-state index contributed by atoms with van der Waals surface area (Å²) in [6.45, 7) is 0. The Hall–Kier alpha value is -3.21. The molecule has 0 fully saturated rings. The third-order valence-electron chi connectivity index (χ3n) is 5.19. The van der Waals surface area contributed by atoms with Crippen LogP contribution in [-0.2, 0) is 10.5 Å². The third kappa shape index (κ3) is 4.31. The third-order valence-corrected chi connectivity index (χ3v) is 7.85. The second kappa shape index (κ2) is 9.57. The molecule has 0 bridgehead atoms. The fraction of sp³-hybridized carbons (Fsp3) is 0.0833. The Kier molecular flexibility index (Phi) is 6.36. The van der Waals surface area contributed by atoms with Gasteiger partial charge >= 0.3 is 0 Å². The molecule has 10 heteroatoms. The van der Waals surface area contributed by atoms with Gasteiger partial charge in [0.1, 0.15) is 0 Å². The van der Waals surface area contributed by atoms with Gasteiger partial charge in [-0.25, -0.2) is 0 Å². The van der Waals surface area contributed by atoms with Crippen LogP contribution in [0.1, 0.15) is 27.7 Å². The highest BCUT2D eigenvalue weighted by atomic mass is 79.9. The largest absolute Gasteiger partial charge is 0.503 e. The number of aliphatic hydroxyl groups is 1. The standard InChI is InChI=1S/C24H16BrN3O4S2/c25-16-10-8-15(9-11-16)19-18(20(29)17-7-4-12-32-17)21(30)22(31)28(19)23-26-27-24(34-23)33-13-14-5-2-1-3-6-14/h1-12,19,30H,13H2. The van der Waals surface area contributed by atoms with E-state index in [1.54, 1.807) is 18.2 Å². The Morgan fingerprint density at radius 2 is 1.85 bits per heavy atom. The number of ketones is 1. The topological polar surface area (TPSA) is 96.5 Å². The van der Waals surface area contributed by atoms with Gasteiger partial charge in [0.15, 0.2) is 15.9 Å². The maximum absolute atomic E-state index is 13.2. The molecule has 0 aliphatic carbocycles. The molecule has 0 saturated carbocycles. The Morgan fingerprint density at radius 1 is 1.09 bits per heavy atom. The summed E-state index contributed by atoms with van der Waals surface area (Å²) in [5.41, 5.74) is 1.72. The average Bonchev–Trinajstić information content (AvgIpc) is 3.60. The normalized spacial score (nSPS) is 15.9. The van der Waals surface area contributed by atoms with Crippen LogP contribution < -0.4 is 4.90 Å². The van der Waals surface area contributed by atoms with Crippen LogP contribution in [0.15, 0.2) is 97.6 Å². The summed E-state index contributed by atoms with van der Waals surface area (Å²) >= 11 is 6.14. The first-order chi connectivity index (χ1) is 16.5. The minimum atomic E-state index is -0.877. The summed E-state index contributed by atoms with van der Waals surface area (Å²) in [7, 11) is 0. The number of aromatic nitrogens is 2. The number of Topliss-reactive ketones (excluding diaryl/α,β-unsaturated/α-hetero) is 1. The number of hydrogen-bond acceptors (Lipinski definition) is 8. The number of nitrogens with zero attached hydrogens (tertiary/aromatic N) is 3. The quantitative estimate of drug-likeness (QED) is 0.171. The molecular weight excluding hydrogens is 538 g/mol. The van der Waals surface area contributed by atoms with E-state index in [0.717, 1.165) is 10.0 Å². The maximum Gasteiger partial charge on any atom is 0.296 e. The van der Waals surface area contributed by atoms with Gasteiger partial charge in [-0.3, -0.25) is 14.5 Å². The van der Waals surface area contributed by atoms with Crippen molar-refractivity contribution in [3.63, 3.8) is 0 Å². The van der Waals surface area contributed by atoms with Crippen molar-refractivity contribution in [3.05, 3.63) is 106 Å². The predicted molar refractivity (Wildman–Crippen MR) is 133 cm³/mol. The van der Waals surface area contributed by atoms with Gasteiger partial charge in [0.25, 0.3) is 5.91 Å². The molecule has 5 rings (SSSR count). The van der Waals surface area contributed by atoms with E-state index in [-0.39, 0.29) is 11.3 Å². The van der Waals surface area contributed by atoms with E-state index in [9.17, 15) is 14.7 Å². The first kappa shape index (κ1) is 22.6. The van der Waals surface area contributed by atoms with Crippen LogP contribution in [0.25, 0.3) is 0 Å². The van der Waals surface area contributed by atoms with Crippen LogP contribution in [0.3, 0.4) is 0 Å². The van der Waals surface area contributed by atoms with Crippen molar-refractivity contribution in [1.29, 1.82) is 0 Å². The maximum atomic E-state index is 13.2. The molecule has 1 unspecified atom stereocenters. The molecule has 1 amide bonds. The number of carbonyl (C=O) groups is 2. The SMILES string of the molecule is O=C(C1=C(O)C(=O)N(c2nnc(SCc3ccccc3)s2)C1c1ccc(Br)cc1)c1ccco1. The highest BCUT2D eigenvalue weighted by Crippen LogP contribution is 2.44. The number of furan rings is 1. The van der Waals surface area contributed by atoms with E-state index in [2.05, 4.69) is 26.1 Å². The van der Waals surface area contributed by atoms with Gasteiger partial charge in [0.05, 0.1) is 17.9 Å². The lowest BCUT2D eigenvalue weighted by Gasteiger charge is -2.23. The number of amides is 1. The zero-order chi connectivity index (χ0) is 23.7. The lowest BCUT2D eigenvalue weighted by molar-refractivity contribution is -0.117. The van der Waals surface area contributed by atoms with Gasteiger partial charge in [0, 0.05) is 10.2 Å². The van der Waals surface area contributed by atoms with Gasteiger partial charge in [-0.15, -0.1) is 10.2 Å². The van der Waals surface area contributed by atoms with Gasteiger partial charge in [-0.2, -0.15) is 0 Å². The van der Waals surface area contributed by atoms with Crippen LogP contribution in [0.2, 0.25) is 0 Å². The fourth-order valence-electron chi connectivity index (χ4n) is 3.61. The molecule has 1 aliphatic rings. The van der Waals surface area contributed by atoms with Crippen molar-refractivity contribution in [2.45, 2.75) is 16.1 Å². The number of rotatable bonds is 7. The molecule has 0 spiro atoms. The molecular formula is C24H16BrN3O4S2. The van der Waals surface area contributed by atoms with Crippen molar-refractivity contribution in [2.75, 3.05) is 4.90 Å². The number of carbonyl (C=O) groups excluding carboxylic acids is 2. The van der Waals surface area contributed by atoms with Gasteiger partial charge in [-0.05, 0) is 35.4 Å². The Morgan fingerprint density at radius 3 is 2.56 bits per heavy atom. The molecule has 0 saturated heterocycles. The van der Waals surface area contributed by atoms with Crippen molar-refractivity contribution >= 4 is 55.9 Å². The van der Waals surface area contributed by atoms with Crippen LogP contribution in [0, 0.1) is 0 Å². The summed E-state index contributed by atoms with van der Waals surface area (Å²) < 4.78 is 6.77. The molecule has 34 heavy (non-hydrogen) atoms. The van der Waals surface area contributed by atoms with Gasteiger partial charge in [0.2, 0.25) is 10.9 Å². The van der Waals surface area contributed by atoms with Crippen molar-refractivity contribution in [3.8, 4) is 0 Å². The molecule has 2 aromatic carbocycles. The predicted octanol–water partition coefficient (Wildman–Crippen LogP) is 5.97. The van der Waals surface area contributed by atoms with Crippen LogP contribution in [-0.4, -0.2) is 27.0 Å². The number of benzene rings is 2. The number of anilines is 1. The minimum Gasteiger partial charge on any atom is -0.503 e. The highest BCUT2D eigenvalue weighted by Gasteiger charge is 2.46. The molecule has 1 aliphatic heterocycles. The number of halogens is 1. The molecule has 4 aromatic rings. The van der Waals surface area contributed by atoms with Gasteiger partial charge < -0.3 is 9.52 Å². The fourth-order valence-corrected chi connectivity index (χ4v) is 5.70. The second-order valence-corrected chi connectivity index (χ2v) is 10.4. The van der Waals surface area contributed by atoms with Crippen molar-refractivity contribution in [1.82, 2.24) is 10.2 Å². The van der Waals surface area contributed by atoms with Crippen LogP contribution >= 0.6 is 39.0 Å². The first-order valence-electron chi connectivity index (χ1n) is 10.1. The average molecular weight is 554 g/mol. The highest BCUT2D eigenvalue weighted by molar-refractivity contribution is 9.10. The molecule has 7 nitrogen and oxygen atoms in total. The van der Waals surface area contributed by atoms with Crippen LogP contribution in [0.4, 0.5) is 5.13 Å². The van der Waals surface area contributed by atoms with Crippen molar-refractivity contribution < 1.29 is 19.1 Å². The van der Waals surface area contributed by atoms with E-state index in [1.165, 1.54) is 40.3 Å². The van der Waals surface area contributed by atoms with E-state index in [1.807, 2.05) is 42.5 Å². The van der Waals surface area contributed by atoms with Crippen LogP contribution in [0.5, 0.6) is 0 Å². The second-order valence-electron chi connectivity index (χ2n) is 7.32. The molecule has 2 aromatic heterocycles. The lowest BCUT2D eigenvalue weighted by atomic mass is 9.95. The Labute approximate surface area is 211 Å². The summed E-state index contributed by atoms with van der Waals surface area (Å²) in [6, 6.07) is 19.3. The minimum absolute atomic E-state index is 0.0367. The molecule has 1 N–H and O–H groups in total. The molecule has 1 atom stereocenters. The molecule has 0 radical (unpaired) electrons. The van der Waals surface area contributed by atoms with E-state index >= 15 is 0 Å². The van der Waals surface area contributed by atoms with E-state index in [4.69, 9.17) is 4.42 Å². The zero-order valence-corrected chi connectivity index (χ0v) is 20.6. The summed E-state index contributed by atoms with van der Waals surface area (Å²) in [5.74, 6) is -1.16. The number of thioether (sulfide) groups is 1. The smallest absolute Gasteiger partial charge is 0.296 e. The Bertz CT molecular complexity index is 1370.